The molecule has 4 heteroatoms. The molecule has 4 nitrogen and oxygen atoms in total. The Balaban J connectivity index is 1.76. The molecule has 1 saturated heterocycles. The number of hydrogen-bond donors (Lipinski definition) is 1. The number of piperazine rings is 1. The number of rotatable bonds is 1. The first-order valence-corrected chi connectivity index (χ1v) is 7.34. The summed E-state index contributed by atoms with van der Waals surface area (Å²) in [5, 5.41) is 3.31. The largest absolute Gasteiger partial charge is 0.480 e. The molecule has 0 radical (unpaired) electrons. The lowest BCUT2D eigenvalue weighted by Gasteiger charge is -2.35. The predicted octanol–water partition coefficient (Wildman–Crippen LogP) is 1.43. The summed E-state index contributed by atoms with van der Waals surface area (Å²) in [4.78, 5) is 14.6. The second-order valence-electron chi connectivity index (χ2n) is 5.94. The molecule has 0 aliphatic carbocycles. The van der Waals surface area contributed by atoms with Crippen molar-refractivity contribution in [3.05, 3.63) is 28.8 Å². The zero-order valence-corrected chi connectivity index (χ0v) is 12.4. The SMILES string of the molecule is Cc1cc2c(cc1C)OC(C(=O)N1CCNC[C@@H]1C)C2. The zero-order valence-electron chi connectivity index (χ0n) is 12.4. The number of ether oxygens (including phenoxy) is 1. The van der Waals surface area contributed by atoms with E-state index in [0.29, 0.717) is 6.42 Å². The van der Waals surface area contributed by atoms with Crippen LogP contribution in [0.5, 0.6) is 5.75 Å². The molecule has 1 unspecified atom stereocenters. The number of nitrogens with zero attached hydrogens (tertiary/aromatic N) is 1. The quantitative estimate of drug-likeness (QED) is 0.842. The van der Waals surface area contributed by atoms with Gasteiger partial charge in [-0.25, -0.2) is 0 Å². The topological polar surface area (TPSA) is 41.6 Å². The fourth-order valence-corrected chi connectivity index (χ4v) is 3.00. The van der Waals surface area contributed by atoms with E-state index in [1.165, 1.54) is 11.1 Å². The Morgan fingerprint density at radius 2 is 2.10 bits per heavy atom. The lowest BCUT2D eigenvalue weighted by molar-refractivity contribution is -0.140. The Morgan fingerprint density at radius 3 is 2.85 bits per heavy atom. The highest BCUT2D eigenvalue weighted by molar-refractivity contribution is 5.83. The van der Waals surface area contributed by atoms with Gasteiger partial charge in [-0.15, -0.1) is 0 Å². The normalized spacial score (nSPS) is 25.2. The average molecular weight is 274 g/mol. The smallest absolute Gasteiger partial charge is 0.264 e. The van der Waals surface area contributed by atoms with Crippen molar-refractivity contribution in [1.82, 2.24) is 10.2 Å². The Labute approximate surface area is 120 Å². The molecule has 3 rings (SSSR count). The van der Waals surface area contributed by atoms with Crippen LogP contribution < -0.4 is 10.1 Å². The second-order valence-corrected chi connectivity index (χ2v) is 5.94. The number of aryl methyl sites for hydroxylation is 2. The molecule has 0 saturated carbocycles. The predicted molar refractivity (Wildman–Crippen MR) is 78.1 cm³/mol. The van der Waals surface area contributed by atoms with Crippen LogP contribution in [-0.2, 0) is 11.2 Å². The van der Waals surface area contributed by atoms with Crippen LogP contribution in [0.25, 0.3) is 0 Å². The highest BCUT2D eigenvalue weighted by atomic mass is 16.5. The Morgan fingerprint density at radius 1 is 1.35 bits per heavy atom. The second kappa shape index (κ2) is 5.09. The molecule has 0 bridgehead atoms. The molecule has 108 valence electrons. The molecule has 2 aliphatic rings. The van der Waals surface area contributed by atoms with Crippen molar-refractivity contribution in [2.24, 2.45) is 0 Å². The van der Waals surface area contributed by atoms with E-state index in [2.05, 4.69) is 38.2 Å². The molecule has 1 aromatic rings. The Bertz CT molecular complexity index is 511. The molecule has 1 aromatic carbocycles. The maximum atomic E-state index is 12.6. The van der Waals surface area contributed by atoms with Crippen LogP contribution in [0.3, 0.4) is 0 Å². The average Bonchev–Trinajstić information content (AvgIpc) is 2.82. The van der Waals surface area contributed by atoms with Gasteiger partial charge < -0.3 is 15.0 Å². The van der Waals surface area contributed by atoms with Gasteiger partial charge >= 0.3 is 0 Å². The molecule has 0 spiro atoms. The van der Waals surface area contributed by atoms with Gasteiger partial charge in [-0.05, 0) is 43.5 Å². The summed E-state index contributed by atoms with van der Waals surface area (Å²) in [6.45, 7) is 8.77. The summed E-state index contributed by atoms with van der Waals surface area (Å²) in [5.74, 6) is 1.01. The molecule has 2 heterocycles. The van der Waals surface area contributed by atoms with E-state index >= 15 is 0 Å². The molecular weight excluding hydrogens is 252 g/mol. The first-order valence-electron chi connectivity index (χ1n) is 7.34. The van der Waals surface area contributed by atoms with Crippen molar-refractivity contribution < 1.29 is 9.53 Å². The number of carbonyl (C=O) groups excluding carboxylic acids is 1. The van der Waals surface area contributed by atoms with Crippen LogP contribution in [0.1, 0.15) is 23.6 Å². The molecular formula is C16H22N2O2. The summed E-state index contributed by atoms with van der Waals surface area (Å²) in [6.07, 6.45) is 0.359. The first-order chi connectivity index (χ1) is 9.56. The minimum atomic E-state index is -0.341. The van der Waals surface area contributed by atoms with Crippen molar-refractivity contribution in [2.75, 3.05) is 19.6 Å². The molecule has 1 N–H and O–H groups in total. The monoisotopic (exact) mass is 274 g/mol. The van der Waals surface area contributed by atoms with Crippen LogP contribution in [0.15, 0.2) is 12.1 Å². The maximum Gasteiger partial charge on any atom is 0.264 e. The summed E-state index contributed by atoms with van der Waals surface area (Å²) >= 11 is 0. The minimum Gasteiger partial charge on any atom is -0.480 e. The van der Waals surface area contributed by atoms with Gasteiger partial charge in [0.15, 0.2) is 6.10 Å². The highest BCUT2D eigenvalue weighted by Gasteiger charge is 2.35. The van der Waals surface area contributed by atoms with Gasteiger partial charge in [0.1, 0.15) is 5.75 Å². The molecule has 2 atom stereocenters. The van der Waals surface area contributed by atoms with Gasteiger partial charge in [0, 0.05) is 32.1 Å². The summed E-state index contributed by atoms with van der Waals surface area (Å²) in [7, 11) is 0. The zero-order chi connectivity index (χ0) is 14.3. The number of nitrogens with one attached hydrogen (secondary N) is 1. The van der Waals surface area contributed by atoms with Crippen LogP contribution in [0.2, 0.25) is 0 Å². The molecule has 2 aliphatic heterocycles. The summed E-state index contributed by atoms with van der Waals surface area (Å²) in [6, 6.07) is 4.45. The molecule has 0 aromatic heterocycles. The standard InChI is InChI=1S/C16H22N2O2/c1-10-6-13-8-15(20-14(13)7-11(10)2)16(19)18-5-4-17-9-12(18)3/h6-7,12,15,17H,4-5,8-9H2,1-3H3/t12-,15?/m0/s1. The van der Waals surface area contributed by atoms with E-state index in [1.807, 2.05) is 4.90 Å². The van der Waals surface area contributed by atoms with Gasteiger partial charge in [-0.1, -0.05) is 6.07 Å². The lowest BCUT2D eigenvalue weighted by atomic mass is 10.0. The van der Waals surface area contributed by atoms with Gasteiger partial charge in [0.25, 0.3) is 5.91 Å². The van der Waals surface area contributed by atoms with Crippen molar-refractivity contribution in [3.63, 3.8) is 0 Å². The van der Waals surface area contributed by atoms with Crippen molar-refractivity contribution in [3.8, 4) is 5.75 Å². The van der Waals surface area contributed by atoms with E-state index in [-0.39, 0.29) is 18.1 Å². The van der Waals surface area contributed by atoms with Crippen LogP contribution >= 0.6 is 0 Å². The number of hydrogen-bond acceptors (Lipinski definition) is 3. The van der Waals surface area contributed by atoms with E-state index in [0.717, 1.165) is 30.9 Å². The fourth-order valence-electron chi connectivity index (χ4n) is 3.00. The van der Waals surface area contributed by atoms with Gasteiger partial charge in [0.05, 0.1) is 0 Å². The Kier molecular flexibility index (Phi) is 3.42. The molecule has 1 fully saturated rings. The van der Waals surface area contributed by atoms with Crippen molar-refractivity contribution in [1.29, 1.82) is 0 Å². The van der Waals surface area contributed by atoms with Gasteiger partial charge in [-0.2, -0.15) is 0 Å². The van der Waals surface area contributed by atoms with E-state index in [9.17, 15) is 4.79 Å². The minimum absolute atomic E-state index is 0.130. The lowest BCUT2D eigenvalue weighted by Crippen LogP contribution is -2.55. The third-order valence-electron chi connectivity index (χ3n) is 4.41. The van der Waals surface area contributed by atoms with E-state index < -0.39 is 0 Å². The van der Waals surface area contributed by atoms with Gasteiger partial charge in [0.2, 0.25) is 0 Å². The Hall–Kier alpha value is -1.55. The summed E-state index contributed by atoms with van der Waals surface area (Å²) in [5.41, 5.74) is 3.64. The van der Waals surface area contributed by atoms with Crippen molar-refractivity contribution >= 4 is 5.91 Å². The maximum absolute atomic E-state index is 12.6. The highest BCUT2D eigenvalue weighted by Crippen LogP contribution is 2.32. The molecule has 1 amide bonds. The van der Waals surface area contributed by atoms with Crippen molar-refractivity contribution in [2.45, 2.75) is 39.3 Å². The molecule has 20 heavy (non-hydrogen) atoms. The first kappa shape index (κ1) is 13.4. The number of carbonyl (C=O) groups is 1. The van der Waals surface area contributed by atoms with Crippen LogP contribution in [0, 0.1) is 13.8 Å². The fraction of sp³-hybridized carbons (Fsp3) is 0.562. The third-order valence-corrected chi connectivity index (χ3v) is 4.41. The number of benzene rings is 1. The number of amides is 1. The summed E-state index contributed by atoms with van der Waals surface area (Å²) < 4.78 is 5.89. The third kappa shape index (κ3) is 2.29. The van der Waals surface area contributed by atoms with Gasteiger partial charge in [-0.3, -0.25) is 4.79 Å². The van der Waals surface area contributed by atoms with Crippen LogP contribution in [0.4, 0.5) is 0 Å². The number of fused-ring (bicyclic) bond motifs is 1. The van der Waals surface area contributed by atoms with E-state index in [4.69, 9.17) is 4.74 Å². The van der Waals surface area contributed by atoms with E-state index in [1.54, 1.807) is 0 Å². The van der Waals surface area contributed by atoms with Crippen LogP contribution in [-0.4, -0.2) is 42.6 Å².